The highest BCUT2D eigenvalue weighted by molar-refractivity contribution is 5.94. The molecule has 0 bridgehead atoms. The Morgan fingerprint density at radius 3 is 2.31 bits per heavy atom. The van der Waals surface area contributed by atoms with Crippen molar-refractivity contribution in [3.63, 3.8) is 0 Å². The summed E-state index contributed by atoms with van der Waals surface area (Å²) in [5, 5.41) is 2.92. The SMILES string of the molecule is C[C@@H](OC1CCCC1)C(=O)Nc1ccc(N2CCC(C(N)=O)CC2)cc1. The van der Waals surface area contributed by atoms with E-state index in [9.17, 15) is 9.59 Å². The first-order chi connectivity index (χ1) is 12.5. The molecule has 2 fully saturated rings. The Morgan fingerprint density at radius 1 is 1.12 bits per heavy atom. The second kappa shape index (κ2) is 8.54. The maximum Gasteiger partial charge on any atom is 0.253 e. The van der Waals surface area contributed by atoms with E-state index in [1.165, 1.54) is 12.8 Å². The minimum atomic E-state index is -0.439. The van der Waals surface area contributed by atoms with Crippen molar-refractivity contribution in [2.75, 3.05) is 23.3 Å². The molecule has 6 nitrogen and oxygen atoms in total. The normalized spacial score (nSPS) is 20.1. The Hall–Kier alpha value is -2.08. The molecular weight excluding hydrogens is 330 g/mol. The Balaban J connectivity index is 1.49. The van der Waals surface area contributed by atoms with E-state index in [4.69, 9.17) is 10.5 Å². The maximum atomic E-state index is 12.3. The van der Waals surface area contributed by atoms with E-state index in [1.807, 2.05) is 31.2 Å². The van der Waals surface area contributed by atoms with Crippen molar-refractivity contribution < 1.29 is 14.3 Å². The fourth-order valence-electron chi connectivity index (χ4n) is 3.80. The molecule has 1 aromatic carbocycles. The van der Waals surface area contributed by atoms with Crippen molar-refractivity contribution in [1.29, 1.82) is 0 Å². The smallest absolute Gasteiger partial charge is 0.253 e. The summed E-state index contributed by atoms with van der Waals surface area (Å²) in [6.07, 6.45) is 5.87. The summed E-state index contributed by atoms with van der Waals surface area (Å²) in [5.41, 5.74) is 7.25. The standard InChI is InChI=1S/C20H29N3O3/c1-14(26-18-4-2-3-5-18)20(25)22-16-6-8-17(9-7-16)23-12-10-15(11-13-23)19(21)24/h6-9,14-15,18H,2-5,10-13H2,1H3,(H2,21,24)(H,22,25)/t14-/m1/s1. The number of primary amides is 1. The van der Waals surface area contributed by atoms with Crippen molar-refractivity contribution in [3.05, 3.63) is 24.3 Å². The van der Waals surface area contributed by atoms with Gasteiger partial charge in [-0.3, -0.25) is 9.59 Å². The number of amides is 2. The van der Waals surface area contributed by atoms with Gasteiger partial charge in [-0.1, -0.05) is 12.8 Å². The molecule has 1 saturated carbocycles. The van der Waals surface area contributed by atoms with Crippen LogP contribution in [0.4, 0.5) is 11.4 Å². The van der Waals surface area contributed by atoms with Crippen molar-refractivity contribution in [1.82, 2.24) is 0 Å². The van der Waals surface area contributed by atoms with Crippen LogP contribution >= 0.6 is 0 Å². The van der Waals surface area contributed by atoms with Crippen molar-refractivity contribution in [2.24, 2.45) is 11.7 Å². The number of hydrogen-bond donors (Lipinski definition) is 2. The van der Waals surface area contributed by atoms with E-state index >= 15 is 0 Å². The quantitative estimate of drug-likeness (QED) is 0.818. The van der Waals surface area contributed by atoms with Crippen LogP contribution in [-0.2, 0) is 14.3 Å². The second-order valence-corrected chi connectivity index (χ2v) is 7.38. The van der Waals surface area contributed by atoms with Crippen LogP contribution in [0, 0.1) is 5.92 Å². The number of anilines is 2. The number of hydrogen-bond acceptors (Lipinski definition) is 4. The third-order valence-corrected chi connectivity index (χ3v) is 5.47. The zero-order valence-corrected chi connectivity index (χ0v) is 15.4. The Bertz CT molecular complexity index is 618. The molecule has 1 atom stereocenters. The highest BCUT2D eigenvalue weighted by Gasteiger charge is 2.24. The molecule has 1 aliphatic heterocycles. The largest absolute Gasteiger partial charge is 0.371 e. The molecule has 26 heavy (non-hydrogen) atoms. The van der Waals surface area contributed by atoms with Crippen molar-refractivity contribution >= 4 is 23.2 Å². The lowest BCUT2D eigenvalue weighted by Gasteiger charge is -2.32. The van der Waals surface area contributed by atoms with Crippen molar-refractivity contribution in [2.45, 2.75) is 57.7 Å². The number of nitrogens with two attached hydrogens (primary N) is 1. The van der Waals surface area contributed by atoms with E-state index in [-0.39, 0.29) is 23.8 Å². The van der Waals surface area contributed by atoms with Gasteiger partial charge in [0.25, 0.3) is 5.91 Å². The van der Waals surface area contributed by atoms with Gasteiger partial charge in [-0.15, -0.1) is 0 Å². The Kier molecular flexibility index (Phi) is 6.14. The second-order valence-electron chi connectivity index (χ2n) is 7.38. The average molecular weight is 359 g/mol. The highest BCUT2D eigenvalue weighted by atomic mass is 16.5. The van der Waals surface area contributed by atoms with Crippen LogP contribution in [0.1, 0.15) is 45.4 Å². The number of carbonyl (C=O) groups is 2. The predicted molar refractivity (Wildman–Crippen MR) is 102 cm³/mol. The molecule has 3 N–H and O–H groups in total. The van der Waals surface area contributed by atoms with E-state index in [0.29, 0.717) is 0 Å². The molecule has 2 aliphatic rings. The molecule has 1 saturated heterocycles. The van der Waals surface area contributed by atoms with Gasteiger partial charge in [0, 0.05) is 30.4 Å². The van der Waals surface area contributed by atoms with Gasteiger partial charge < -0.3 is 20.7 Å². The number of nitrogens with zero attached hydrogens (tertiary/aromatic N) is 1. The zero-order chi connectivity index (χ0) is 18.5. The average Bonchev–Trinajstić information content (AvgIpc) is 3.15. The number of nitrogens with one attached hydrogen (secondary N) is 1. The molecule has 1 aliphatic carbocycles. The fraction of sp³-hybridized carbons (Fsp3) is 0.600. The first kappa shape index (κ1) is 18.7. The molecule has 1 aromatic rings. The number of piperidine rings is 1. The molecule has 142 valence electrons. The molecule has 2 amide bonds. The molecule has 0 unspecified atom stereocenters. The lowest BCUT2D eigenvalue weighted by molar-refractivity contribution is -0.129. The van der Waals surface area contributed by atoms with E-state index in [0.717, 1.165) is 50.1 Å². The van der Waals surface area contributed by atoms with Gasteiger partial charge in [-0.25, -0.2) is 0 Å². The van der Waals surface area contributed by atoms with Crippen LogP contribution in [0.25, 0.3) is 0 Å². The molecule has 0 spiro atoms. The summed E-state index contributed by atoms with van der Waals surface area (Å²) in [7, 11) is 0. The summed E-state index contributed by atoms with van der Waals surface area (Å²) < 4.78 is 5.84. The van der Waals surface area contributed by atoms with Crippen molar-refractivity contribution in [3.8, 4) is 0 Å². The summed E-state index contributed by atoms with van der Waals surface area (Å²) in [5.74, 6) is -0.310. The van der Waals surface area contributed by atoms with Crippen LogP contribution < -0.4 is 16.0 Å². The zero-order valence-electron chi connectivity index (χ0n) is 15.4. The third kappa shape index (κ3) is 4.75. The highest BCUT2D eigenvalue weighted by Crippen LogP contribution is 2.25. The van der Waals surface area contributed by atoms with E-state index in [2.05, 4.69) is 10.2 Å². The van der Waals surface area contributed by atoms with Gasteiger partial charge in [-0.2, -0.15) is 0 Å². The number of benzene rings is 1. The van der Waals surface area contributed by atoms with Gasteiger partial charge in [0.2, 0.25) is 5.91 Å². The molecule has 0 aromatic heterocycles. The molecule has 3 rings (SSSR count). The van der Waals surface area contributed by atoms with Crippen LogP contribution in [0.3, 0.4) is 0 Å². The van der Waals surface area contributed by atoms with Gasteiger partial charge in [-0.05, 0) is 56.9 Å². The number of rotatable bonds is 6. The van der Waals surface area contributed by atoms with Gasteiger partial charge in [0.15, 0.2) is 0 Å². The fourth-order valence-corrected chi connectivity index (χ4v) is 3.80. The Morgan fingerprint density at radius 2 is 1.73 bits per heavy atom. The van der Waals surface area contributed by atoms with Crippen LogP contribution in [0.2, 0.25) is 0 Å². The number of carbonyl (C=O) groups excluding carboxylic acids is 2. The summed E-state index contributed by atoms with van der Waals surface area (Å²) in [4.78, 5) is 25.8. The van der Waals surface area contributed by atoms with Crippen LogP contribution in [0.15, 0.2) is 24.3 Å². The first-order valence-corrected chi connectivity index (χ1v) is 9.63. The minimum Gasteiger partial charge on any atom is -0.371 e. The molecular formula is C20H29N3O3. The molecule has 1 heterocycles. The summed E-state index contributed by atoms with van der Waals surface area (Å²) >= 11 is 0. The van der Waals surface area contributed by atoms with Gasteiger partial charge in [0.1, 0.15) is 6.10 Å². The maximum absolute atomic E-state index is 12.3. The lowest BCUT2D eigenvalue weighted by atomic mass is 9.96. The summed E-state index contributed by atoms with van der Waals surface area (Å²) in [6, 6.07) is 7.83. The monoisotopic (exact) mass is 359 g/mol. The summed E-state index contributed by atoms with van der Waals surface area (Å²) in [6.45, 7) is 3.46. The molecule has 6 heteroatoms. The van der Waals surface area contributed by atoms with E-state index < -0.39 is 6.10 Å². The minimum absolute atomic E-state index is 0.00818. The number of ether oxygens (including phenoxy) is 1. The third-order valence-electron chi connectivity index (χ3n) is 5.47. The Labute approximate surface area is 155 Å². The topological polar surface area (TPSA) is 84.7 Å². The predicted octanol–water partition coefficient (Wildman–Crippen LogP) is 2.67. The van der Waals surface area contributed by atoms with Crippen LogP contribution in [0.5, 0.6) is 0 Å². The van der Waals surface area contributed by atoms with Gasteiger partial charge >= 0.3 is 0 Å². The first-order valence-electron chi connectivity index (χ1n) is 9.63. The van der Waals surface area contributed by atoms with Crippen LogP contribution in [-0.4, -0.2) is 37.1 Å². The molecule has 0 radical (unpaired) electrons. The van der Waals surface area contributed by atoms with E-state index in [1.54, 1.807) is 0 Å². The lowest BCUT2D eigenvalue weighted by Crippen LogP contribution is -2.38. The van der Waals surface area contributed by atoms with Gasteiger partial charge in [0.05, 0.1) is 6.10 Å².